The number of carbonyl (C=O) groups is 3. The summed E-state index contributed by atoms with van der Waals surface area (Å²) < 4.78 is 54.8. The van der Waals surface area contributed by atoms with E-state index >= 15 is 0 Å². The number of aromatic nitrogens is 8. The van der Waals surface area contributed by atoms with Gasteiger partial charge in [-0.25, -0.2) is 19.2 Å². The Balaban J connectivity index is 0.000000584. The fourth-order valence-corrected chi connectivity index (χ4v) is 9.43. The Kier molecular flexibility index (Phi) is 33.3. The molecule has 0 unspecified atom stereocenters. The summed E-state index contributed by atoms with van der Waals surface area (Å²) in [6, 6.07) is 25.4. The first-order valence-electron chi connectivity index (χ1n) is 30.1. The largest absolute Gasteiger partial charge is 0.466 e. The maximum absolute atomic E-state index is 11.8. The Morgan fingerprint density at radius 2 is 0.919 bits per heavy atom. The number of nitrogen functional groups attached to an aromatic ring is 4. The lowest BCUT2D eigenvalue weighted by molar-refractivity contribution is -0.385. The Labute approximate surface area is 599 Å². The fourth-order valence-electron chi connectivity index (χ4n) is 8.67. The molecular weight excluding hydrogens is 1500 g/mol. The lowest BCUT2D eigenvalue weighted by Gasteiger charge is -2.06. The number of hydrogen-bond donors (Lipinski definition) is 6. The van der Waals surface area contributed by atoms with Crippen molar-refractivity contribution < 1.29 is 46.8 Å². The van der Waals surface area contributed by atoms with Crippen LogP contribution < -0.4 is 56.3 Å². The van der Waals surface area contributed by atoms with Crippen molar-refractivity contribution in [2.75, 3.05) is 54.5 Å². The van der Waals surface area contributed by atoms with E-state index in [-0.39, 0.29) is 63.3 Å². The third kappa shape index (κ3) is 23.9. The van der Waals surface area contributed by atoms with Crippen LogP contribution in [0, 0.1) is 30.3 Å². The number of alkyl halides is 5. The maximum atomic E-state index is 11.8. The predicted octanol–water partition coefficient (Wildman–Crippen LogP) is 10.7. The van der Waals surface area contributed by atoms with Gasteiger partial charge in [-0.2, -0.15) is 0 Å². The number of fused-ring (bicyclic) bond motifs is 5. The van der Waals surface area contributed by atoms with Crippen LogP contribution in [-0.2, 0) is 81.9 Å². The van der Waals surface area contributed by atoms with E-state index in [1.807, 2.05) is 18.2 Å². The average molecular weight is 1580 g/mol. The number of rotatable bonds is 5. The molecule has 10 N–H and O–H groups in total. The lowest BCUT2D eigenvalue weighted by atomic mass is 10.1. The third-order valence-corrected chi connectivity index (χ3v) is 14.7. The zero-order valence-electron chi connectivity index (χ0n) is 58.4. The summed E-state index contributed by atoms with van der Waals surface area (Å²) in [6.45, 7) is 7.39. The van der Waals surface area contributed by atoms with E-state index < -0.39 is 33.4 Å². The summed E-state index contributed by atoms with van der Waals surface area (Å²) in [5.41, 5.74) is 31.9. The number of nitrogens with one attached hydrogen (secondary N) is 2. The van der Waals surface area contributed by atoms with E-state index in [1.165, 1.54) is 65.4 Å². The van der Waals surface area contributed by atoms with Crippen LogP contribution in [0.4, 0.5) is 60.0 Å². The van der Waals surface area contributed by atoms with Crippen molar-refractivity contribution in [1.29, 1.82) is 0 Å². The van der Waals surface area contributed by atoms with E-state index in [4.69, 9.17) is 61.8 Å². The number of non-ortho nitro benzene ring substituents is 3. The van der Waals surface area contributed by atoms with Gasteiger partial charge < -0.3 is 38.3 Å². The van der Waals surface area contributed by atoms with Crippen molar-refractivity contribution in [2.24, 2.45) is 56.4 Å². The van der Waals surface area contributed by atoms with Crippen molar-refractivity contribution in [3.8, 4) is 0 Å². The van der Waals surface area contributed by atoms with Crippen LogP contribution in [0.25, 0.3) is 44.1 Å². The number of nitrogens with two attached hydrogens (primary N) is 4. The molecule has 10 aromatic rings. The molecule has 5 heterocycles. The van der Waals surface area contributed by atoms with Crippen molar-refractivity contribution in [3.05, 3.63) is 184 Å². The van der Waals surface area contributed by atoms with E-state index in [9.17, 15) is 72.7 Å². The van der Waals surface area contributed by atoms with E-state index in [1.54, 1.807) is 134 Å². The van der Waals surface area contributed by atoms with E-state index in [0.29, 0.717) is 59.4 Å². The molecule has 31 nitrogen and oxygen atoms in total. The molecule has 0 aliphatic carbocycles. The Morgan fingerprint density at radius 1 is 0.566 bits per heavy atom. The third-order valence-electron chi connectivity index (χ3n) is 13.4. The smallest absolute Gasteiger partial charge is 0.328 e. The number of hydrogen-bond acceptors (Lipinski definition) is 18. The molecule has 0 bridgehead atoms. The van der Waals surface area contributed by atoms with Crippen LogP contribution in [-0.4, -0.2) is 94.3 Å². The molecule has 538 valence electrons. The number of aryl methyl sites for hydroxylation is 8. The number of benzene rings is 6. The summed E-state index contributed by atoms with van der Waals surface area (Å²) in [4.78, 5) is 108. The molecule has 38 heteroatoms. The van der Waals surface area contributed by atoms with Gasteiger partial charge in [-0.15, -0.1) is 0 Å². The van der Waals surface area contributed by atoms with E-state index in [0.717, 1.165) is 47.6 Å². The zero-order chi connectivity index (χ0) is 78.5. The minimum Gasteiger partial charge on any atom is -0.466 e. The van der Waals surface area contributed by atoms with Crippen LogP contribution >= 0.6 is 66.7 Å². The van der Waals surface area contributed by atoms with Gasteiger partial charge in [0.1, 0.15) is 0 Å². The molecule has 0 spiro atoms. The molecule has 11 rings (SSSR count). The Morgan fingerprint density at radius 3 is 1.32 bits per heavy atom. The van der Waals surface area contributed by atoms with Crippen LogP contribution in [0.5, 0.6) is 0 Å². The summed E-state index contributed by atoms with van der Waals surface area (Å²) in [5.74, 6) is -0.473. The first kappa shape index (κ1) is 81.3. The van der Waals surface area contributed by atoms with Gasteiger partial charge in [0.15, 0.2) is 4.30 Å². The first-order chi connectivity index (χ1) is 47.6. The number of imidazole rings is 4. The number of carbonyl (C=O) groups excluding carboxylic acids is 3. The highest BCUT2D eigenvalue weighted by molar-refractivity contribution is 9.11. The number of nitro groups is 3. The summed E-state index contributed by atoms with van der Waals surface area (Å²) in [7, 11) is 11.6. The highest BCUT2D eigenvalue weighted by Crippen LogP contribution is 2.30. The molecule has 1 aliphatic heterocycles. The molecular formula is C61H76Br2Cl3F2N17O14. The van der Waals surface area contributed by atoms with Gasteiger partial charge in [-0.05, 0) is 105 Å². The summed E-state index contributed by atoms with van der Waals surface area (Å²) in [6.07, 6.45) is 0.313. The second kappa shape index (κ2) is 40.6. The van der Waals surface area contributed by atoms with Crippen molar-refractivity contribution >= 4 is 180 Å². The van der Waals surface area contributed by atoms with Crippen molar-refractivity contribution in [3.63, 3.8) is 0 Å². The monoisotopic (exact) mass is 1570 g/mol. The fraction of sp³-hybridized carbons (Fsp3) is 0.295. The second-order valence-electron chi connectivity index (χ2n) is 19.7. The highest BCUT2D eigenvalue weighted by Gasteiger charge is 2.20. The topological polar surface area (TPSA) is 426 Å². The highest BCUT2D eigenvalue weighted by atomic mass is 79.9. The summed E-state index contributed by atoms with van der Waals surface area (Å²) in [5, 5.41) is 36.4. The normalized spacial score (nSPS) is 10.7. The minimum absolute atomic E-state index is 0.000880. The maximum Gasteiger partial charge on any atom is 0.328 e. The minimum atomic E-state index is -1.00. The first-order valence-corrected chi connectivity index (χ1v) is 30.8. The van der Waals surface area contributed by atoms with Gasteiger partial charge in [-0.3, -0.25) is 90.0 Å². The van der Waals surface area contributed by atoms with Crippen LogP contribution in [0.15, 0.2) is 125 Å². The molecule has 0 radical (unpaired) electrons. The van der Waals surface area contributed by atoms with Gasteiger partial charge in [0.25, 0.3) is 17.1 Å². The average Bonchev–Trinajstić information content (AvgIpc) is 1.65. The van der Waals surface area contributed by atoms with Crippen LogP contribution in [0.1, 0.15) is 44.3 Å². The standard InChI is InChI=1S/C11H12BrN3O2.C9H10BrN3O.C9H9N3O3.C9H11N3O.C8H6N2O3.C6H7N3O2.C4H8O2.C2H6.CHCl3.2CH3F/c1-6(16)13-8-5-10-9(4-7(8)12)14(2)11(17)15(10)3;1-12-7-3-5(10)6(11)4-8(7)13(2)9(12)14;1-10-7-4-3-6(12(14)15)5-8(7)11(2)9(10)13;1-11-7-4-3-6(10)5-8(7)12(2)9(11)13;11-8-3-5-1-2-6(10(12)13)4-7(5)9-8;7-5-2-1-4(9(10)11)3-6(5)8;1-3-6-4(2)5;1-2;2-1(3)4;2*1-2/h4-5H,1-3H3,(H,13,16);3-4H,11H2,1-2H3;3-5H,1-2H3;3-5H,10H2,1-2H3;1-2,4H,3H2,(H,9,11);1-3H,7-8H2;3H2,1-2H3;1-2H3;1H;2*1H3/i;;;;;;;1D;;2*1D. The van der Waals surface area contributed by atoms with Gasteiger partial charge >= 0.3 is 28.7 Å². The molecule has 0 saturated carbocycles. The predicted molar refractivity (Wildman–Crippen MR) is 394 cm³/mol. The van der Waals surface area contributed by atoms with Gasteiger partial charge in [0.2, 0.25) is 11.8 Å². The number of esters is 1. The number of halogens is 7. The van der Waals surface area contributed by atoms with Crippen molar-refractivity contribution in [1.82, 2.24) is 36.5 Å². The van der Waals surface area contributed by atoms with Gasteiger partial charge in [0, 0.05) is 128 Å². The zero-order valence-corrected chi connectivity index (χ0v) is 60.9. The van der Waals surface area contributed by atoms with Gasteiger partial charge in [0.05, 0.1) is 112 Å². The molecule has 4 aromatic heterocycles. The number of nitrogens with zero attached hydrogens (tertiary/aromatic N) is 11. The SMILES string of the molecule is CC(=O)Nc1cc2c(cc1Br)n(C)c(=O)n2C.CCOC(C)=O.ClC(Cl)Cl.Cn1c(=O)n(C)c2cc(Br)c(N)cc21.Cn1c(=O)n(C)c2cc(N)ccc21.Cn1c(=O)n(C)c2cc([N+](=O)[O-])ccc21.Nc1ccc([N+](=O)[O-])cc1N.O=C1Cc2ccc([N+](=O)[O-])cc2N1.[2H]CC.[2H]CF.[2H]CF. The molecule has 2 amide bonds. The number of anilines is 6. The van der Waals surface area contributed by atoms with Crippen molar-refractivity contribution in [2.45, 2.75) is 45.3 Å². The van der Waals surface area contributed by atoms with Crippen LogP contribution in [0.3, 0.4) is 0 Å². The second-order valence-corrected chi connectivity index (χ2v) is 23.4. The Hall–Kier alpha value is -10.1. The summed E-state index contributed by atoms with van der Waals surface area (Å²) >= 11 is 21.1. The molecule has 99 heavy (non-hydrogen) atoms. The Bertz CT molecular complexity index is 4800. The molecule has 6 aromatic carbocycles. The number of nitro benzene ring substituents is 3. The quantitative estimate of drug-likeness (QED) is 0.0306. The molecule has 1 aliphatic rings. The van der Waals surface area contributed by atoms with Crippen LogP contribution in [0.2, 0.25) is 0 Å². The molecule has 0 saturated heterocycles. The van der Waals surface area contributed by atoms with Gasteiger partial charge in [-0.1, -0.05) is 48.6 Å². The molecule has 0 atom stereocenters. The lowest BCUT2D eigenvalue weighted by Crippen LogP contribution is -2.19. The molecule has 0 fully saturated rings. The number of amides is 2. The van der Waals surface area contributed by atoms with E-state index in [2.05, 4.69) is 47.2 Å². The number of ether oxygens (including phenoxy) is 1.